The van der Waals surface area contributed by atoms with Crippen LogP contribution in [-0.4, -0.2) is 34.6 Å². The van der Waals surface area contributed by atoms with Crippen LogP contribution in [0.1, 0.15) is 47.6 Å². The van der Waals surface area contributed by atoms with Gasteiger partial charge in [-0.25, -0.2) is 0 Å². The van der Waals surface area contributed by atoms with E-state index in [1.807, 2.05) is 44.2 Å². The zero-order valence-electron chi connectivity index (χ0n) is 16.1. The fourth-order valence-electron chi connectivity index (χ4n) is 2.96. The molecule has 1 aromatic carbocycles. The number of carbonyl (C=O) groups excluding carboxylic acids is 2. The van der Waals surface area contributed by atoms with Crippen molar-refractivity contribution in [1.29, 1.82) is 0 Å². The number of amides is 2. The van der Waals surface area contributed by atoms with Gasteiger partial charge in [0.05, 0.1) is 12.5 Å². The molecule has 3 atom stereocenters. The first-order valence-corrected chi connectivity index (χ1v) is 10.3. The lowest BCUT2D eigenvalue weighted by Gasteiger charge is -2.30. The van der Waals surface area contributed by atoms with Gasteiger partial charge in [-0.1, -0.05) is 31.5 Å². The van der Waals surface area contributed by atoms with Gasteiger partial charge in [0, 0.05) is 22.9 Å². The van der Waals surface area contributed by atoms with Gasteiger partial charge < -0.3 is 14.6 Å². The predicted molar refractivity (Wildman–Crippen MR) is 107 cm³/mol. The van der Waals surface area contributed by atoms with Crippen molar-refractivity contribution in [2.45, 2.75) is 45.2 Å². The maximum absolute atomic E-state index is 13.3. The minimum atomic E-state index is -0.509. The van der Waals surface area contributed by atoms with Crippen LogP contribution in [0.25, 0.3) is 0 Å². The monoisotopic (exact) mass is 386 g/mol. The average molecular weight is 387 g/mol. The molecule has 0 bridgehead atoms. The number of hydrogen-bond donors (Lipinski definition) is 1. The Hall–Kier alpha value is -2.21. The standard InChI is InChI=1S/C21H26N2O3S/c1-13(2)15(4)22-19(24)18-12-27-21(17-9-10-26-11-17)23(18)20(25)16-7-5-14(3)6-8-16/h5-11,13,15,18,21H,12H2,1-4H3,(H,22,24). The molecule has 5 nitrogen and oxygen atoms in total. The molecule has 2 aromatic rings. The lowest BCUT2D eigenvalue weighted by molar-refractivity contribution is -0.125. The summed E-state index contributed by atoms with van der Waals surface area (Å²) in [4.78, 5) is 27.9. The second-order valence-corrected chi connectivity index (χ2v) is 8.49. The zero-order valence-corrected chi connectivity index (χ0v) is 17.0. The molecule has 0 saturated carbocycles. The molecule has 0 radical (unpaired) electrons. The molecule has 1 aliphatic rings. The second kappa shape index (κ2) is 8.21. The molecule has 0 spiro atoms. The predicted octanol–water partition coefficient (Wildman–Crippen LogP) is 4.01. The largest absolute Gasteiger partial charge is 0.472 e. The number of rotatable bonds is 5. The third kappa shape index (κ3) is 4.21. The summed E-state index contributed by atoms with van der Waals surface area (Å²) in [7, 11) is 0. The van der Waals surface area contributed by atoms with Gasteiger partial charge in [0.2, 0.25) is 5.91 Å². The summed E-state index contributed by atoms with van der Waals surface area (Å²) in [6.07, 6.45) is 3.24. The summed E-state index contributed by atoms with van der Waals surface area (Å²) in [5.74, 6) is 0.650. The normalized spacial score (nSPS) is 20.7. The molecular formula is C21H26N2O3S. The van der Waals surface area contributed by atoms with Crippen LogP contribution in [0.3, 0.4) is 0 Å². The first-order chi connectivity index (χ1) is 12.9. The van der Waals surface area contributed by atoms with Crippen molar-refractivity contribution in [3.8, 4) is 0 Å². The zero-order chi connectivity index (χ0) is 19.6. The van der Waals surface area contributed by atoms with Gasteiger partial charge in [-0.05, 0) is 38.0 Å². The van der Waals surface area contributed by atoms with Crippen LogP contribution in [0.5, 0.6) is 0 Å². The Morgan fingerprint density at radius 3 is 2.48 bits per heavy atom. The number of hydrogen-bond acceptors (Lipinski definition) is 4. The van der Waals surface area contributed by atoms with Crippen LogP contribution in [-0.2, 0) is 4.79 Å². The average Bonchev–Trinajstić information content (AvgIpc) is 3.30. The van der Waals surface area contributed by atoms with Gasteiger partial charge in [0.25, 0.3) is 5.91 Å². The number of aryl methyl sites for hydroxylation is 1. The summed E-state index contributed by atoms with van der Waals surface area (Å²) in [5, 5.41) is 2.83. The van der Waals surface area contributed by atoms with Crippen molar-refractivity contribution in [2.75, 3.05) is 5.75 Å². The van der Waals surface area contributed by atoms with E-state index in [4.69, 9.17) is 4.42 Å². The lowest BCUT2D eigenvalue weighted by atomic mass is 10.1. The van der Waals surface area contributed by atoms with Crippen LogP contribution < -0.4 is 5.32 Å². The summed E-state index contributed by atoms with van der Waals surface area (Å²) >= 11 is 1.59. The smallest absolute Gasteiger partial charge is 0.255 e. The number of carbonyl (C=O) groups is 2. The Morgan fingerprint density at radius 1 is 1.19 bits per heavy atom. The quantitative estimate of drug-likeness (QED) is 0.843. The molecule has 2 heterocycles. The molecule has 1 aliphatic heterocycles. The van der Waals surface area contributed by atoms with Gasteiger partial charge in [0.15, 0.2) is 0 Å². The highest BCUT2D eigenvalue weighted by molar-refractivity contribution is 7.99. The molecule has 1 N–H and O–H groups in total. The third-order valence-corrected chi connectivity index (χ3v) is 6.36. The fraction of sp³-hybridized carbons (Fsp3) is 0.429. The van der Waals surface area contributed by atoms with Gasteiger partial charge in [-0.15, -0.1) is 11.8 Å². The Labute approximate surface area is 164 Å². The Bertz CT molecular complexity index is 786. The lowest BCUT2D eigenvalue weighted by Crippen LogP contribution is -2.50. The molecule has 144 valence electrons. The molecule has 3 unspecified atom stereocenters. The van der Waals surface area contributed by atoms with E-state index in [0.29, 0.717) is 17.2 Å². The molecule has 27 heavy (non-hydrogen) atoms. The van der Waals surface area contributed by atoms with Crippen LogP contribution in [0.15, 0.2) is 47.3 Å². The van der Waals surface area contributed by atoms with Crippen molar-refractivity contribution in [3.63, 3.8) is 0 Å². The second-order valence-electron chi connectivity index (χ2n) is 7.38. The van der Waals surface area contributed by atoms with Crippen molar-refractivity contribution < 1.29 is 14.0 Å². The summed E-state index contributed by atoms with van der Waals surface area (Å²) < 4.78 is 5.22. The molecule has 6 heteroatoms. The van der Waals surface area contributed by atoms with Gasteiger partial charge in [-0.2, -0.15) is 0 Å². The Kier molecular flexibility index (Phi) is 5.95. The van der Waals surface area contributed by atoms with Gasteiger partial charge in [-0.3, -0.25) is 9.59 Å². The summed E-state index contributed by atoms with van der Waals surface area (Å²) in [6, 6.07) is 8.86. The number of thioether (sulfide) groups is 1. The van der Waals surface area contributed by atoms with Crippen LogP contribution in [0.2, 0.25) is 0 Å². The number of furan rings is 1. The topological polar surface area (TPSA) is 62.6 Å². The molecule has 1 saturated heterocycles. The number of benzene rings is 1. The van der Waals surface area contributed by atoms with Crippen molar-refractivity contribution in [3.05, 3.63) is 59.5 Å². The van der Waals surface area contributed by atoms with Crippen molar-refractivity contribution in [1.82, 2.24) is 10.2 Å². The van der Waals surface area contributed by atoms with E-state index < -0.39 is 6.04 Å². The van der Waals surface area contributed by atoms with Crippen LogP contribution in [0.4, 0.5) is 0 Å². The Morgan fingerprint density at radius 2 is 1.89 bits per heavy atom. The van der Waals surface area contributed by atoms with Crippen LogP contribution >= 0.6 is 11.8 Å². The van der Waals surface area contributed by atoms with E-state index in [9.17, 15) is 9.59 Å². The van der Waals surface area contributed by atoms with Gasteiger partial charge >= 0.3 is 0 Å². The number of nitrogens with one attached hydrogen (secondary N) is 1. The SMILES string of the molecule is Cc1ccc(C(=O)N2C(C(=O)NC(C)C(C)C)CSC2c2ccoc2)cc1. The third-order valence-electron chi connectivity index (χ3n) is 5.03. The van der Waals surface area contributed by atoms with Gasteiger partial charge in [0.1, 0.15) is 11.4 Å². The Balaban J connectivity index is 1.89. The highest BCUT2D eigenvalue weighted by Gasteiger charge is 2.43. The number of nitrogens with zero attached hydrogens (tertiary/aromatic N) is 1. The molecule has 1 aromatic heterocycles. The highest BCUT2D eigenvalue weighted by Crippen LogP contribution is 2.42. The van der Waals surface area contributed by atoms with E-state index >= 15 is 0 Å². The van der Waals surface area contributed by atoms with E-state index in [-0.39, 0.29) is 23.2 Å². The first kappa shape index (κ1) is 19.5. The van der Waals surface area contributed by atoms with E-state index in [1.165, 1.54) is 0 Å². The van der Waals surface area contributed by atoms with Crippen molar-refractivity contribution >= 4 is 23.6 Å². The molecular weight excluding hydrogens is 360 g/mol. The molecule has 0 aliphatic carbocycles. The maximum atomic E-state index is 13.3. The summed E-state index contributed by atoms with van der Waals surface area (Å²) in [5.41, 5.74) is 2.58. The fourth-order valence-corrected chi connectivity index (χ4v) is 4.37. The molecule has 1 fully saturated rings. The summed E-state index contributed by atoms with van der Waals surface area (Å²) in [6.45, 7) is 8.11. The minimum Gasteiger partial charge on any atom is -0.472 e. The highest BCUT2D eigenvalue weighted by atomic mass is 32.2. The van der Waals surface area contributed by atoms with E-state index in [2.05, 4.69) is 19.2 Å². The molecule has 2 amide bonds. The molecule has 3 rings (SSSR count). The minimum absolute atomic E-state index is 0.0480. The first-order valence-electron chi connectivity index (χ1n) is 9.22. The van der Waals surface area contributed by atoms with Crippen LogP contribution in [0, 0.1) is 12.8 Å². The van der Waals surface area contributed by atoms with Crippen molar-refractivity contribution in [2.24, 2.45) is 5.92 Å². The van der Waals surface area contributed by atoms with E-state index in [0.717, 1.165) is 11.1 Å². The maximum Gasteiger partial charge on any atom is 0.255 e. The van der Waals surface area contributed by atoms with E-state index in [1.54, 1.807) is 29.2 Å².